The van der Waals surface area contributed by atoms with Gasteiger partial charge in [0.05, 0.1) is 11.4 Å². The smallest absolute Gasteiger partial charge is 0.283 e. The lowest BCUT2D eigenvalue weighted by Gasteiger charge is -2.28. The molecule has 0 aromatic heterocycles. The summed E-state index contributed by atoms with van der Waals surface area (Å²) in [7, 11) is -3.83. The van der Waals surface area contributed by atoms with E-state index < -0.39 is 10.0 Å². The van der Waals surface area contributed by atoms with Crippen LogP contribution in [0.1, 0.15) is 27.7 Å². The molecule has 0 bridgehead atoms. The van der Waals surface area contributed by atoms with Crippen molar-refractivity contribution in [2.75, 3.05) is 18.4 Å². The highest BCUT2D eigenvalue weighted by Crippen LogP contribution is 2.22. The van der Waals surface area contributed by atoms with Crippen LogP contribution < -0.4 is 5.32 Å². The zero-order valence-electron chi connectivity index (χ0n) is 14.8. The second kappa shape index (κ2) is 7.22. The van der Waals surface area contributed by atoms with Crippen LogP contribution in [0, 0.1) is 5.41 Å². The fraction of sp³-hybridized carbons (Fsp3) is 0.438. The maximum Gasteiger partial charge on any atom is 0.283 e. The number of carbonyl (C=O) groups excluding carboxylic acids is 1. The third-order valence-corrected chi connectivity index (χ3v) is 4.74. The van der Waals surface area contributed by atoms with Crippen molar-refractivity contribution in [1.29, 1.82) is 0 Å². The molecule has 8 nitrogen and oxygen atoms in total. The number of amides is 1. The van der Waals surface area contributed by atoms with E-state index in [-0.39, 0.29) is 16.2 Å². The molecule has 1 aliphatic heterocycles. The van der Waals surface area contributed by atoms with Crippen LogP contribution >= 0.6 is 0 Å². The molecule has 0 aliphatic carbocycles. The third kappa shape index (κ3) is 5.02. The summed E-state index contributed by atoms with van der Waals surface area (Å²) in [4.78, 5) is 11.1. The number of carbonyl (C=O) groups is 1. The zero-order valence-corrected chi connectivity index (χ0v) is 15.6. The van der Waals surface area contributed by atoms with Crippen LogP contribution in [0.2, 0.25) is 0 Å². The van der Waals surface area contributed by atoms with Gasteiger partial charge in [0.15, 0.2) is 0 Å². The van der Waals surface area contributed by atoms with Crippen LogP contribution in [-0.4, -0.2) is 50.1 Å². The summed E-state index contributed by atoms with van der Waals surface area (Å²) in [5.74, 6) is -0.221. The van der Waals surface area contributed by atoms with Gasteiger partial charge in [-0.25, -0.2) is 5.12 Å². The van der Waals surface area contributed by atoms with Crippen LogP contribution in [0.3, 0.4) is 0 Å². The Hall–Kier alpha value is -2.42. The highest BCUT2D eigenvalue weighted by Gasteiger charge is 2.27. The summed E-state index contributed by atoms with van der Waals surface area (Å²) in [5.41, 5.74) is 0.457. The summed E-state index contributed by atoms with van der Waals surface area (Å²) in [6, 6.07) is 5.86. The minimum atomic E-state index is -3.83. The average molecular weight is 365 g/mol. The quantitative estimate of drug-likeness (QED) is 0.614. The van der Waals surface area contributed by atoms with Gasteiger partial charge < -0.3 is 5.32 Å². The zero-order chi connectivity index (χ0) is 18.7. The fourth-order valence-electron chi connectivity index (χ4n) is 2.22. The molecule has 1 heterocycles. The Morgan fingerprint density at radius 2 is 2.04 bits per heavy atom. The van der Waals surface area contributed by atoms with Crippen molar-refractivity contribution in [3.05, 3.63) is 24.3 Å². The van der Waals surface area contributed by atoms with Crippen LogP contribution in [0.15, 0.2) is 38.7 Å². The minimum absolute atomic E-state index is 0.0548. The fourth-order valence-corrected chi connectivity index (χ4v) is 3.06. The van der Waals surface area contributed by atoms with Gasteiger partial charge in [-0.1, -0.05) is 13.8 Å². The van der Waals surface area contributed by atoms with Crippen molar-refractivity contribution in [2.24, 2.45) is 14.9 Å². The van der Waals surface area contributed by atoms with Crippen molar-refractivity contribution in [1.82, 2.24) is 10.1 Å². The molecule has 0 saturated carbocycles. The highest BCUT2D eigenvalue weighted by atomic mass is 32.2. The van der Waals surface area contributed by atoms with E-state index >= 15 is 0 Å². The van der Waals surface area contributed by atoms with Gasteiger partial charge in [-0.05, 0) is 31.2 Å². The lowest BCUT2D eigenvalue weighted by atomic mass is 9.97. The standard InChI is InChI=1S/C16H23N5O3S/c1-5-20(21-11-16(3,4)10-17-21)12-18-25(23,24)15-8-6-14(7-9-15)19-13(2)22/h6-10,12H,5,11H2,1-4H3,(H,19,22). The molecule has 0 radical (unpaired) electrons. The molecule has 0 spiro atoms. The van der Waals surface area contributed by atoms with Crippen molar-refractivity contribution in [2.45, 2.75) is 32.6 Å². The number of rotatable bonds is 6. The van der Waals surface area contributed by atoms with E-state index in [9.17, 15) is 13.2 Å². The van der Waals surface area contributed by atoms with Crippen molar-refractivity contribution < 1.29 is 13.2 Å². The van der Waals surface area contributed by atoms with Gasteiger partial charge in [-0.3, -0.25) is 9.80 Å². The maximum absolute atomic E-state index is 12.4. The molecule has 1 aromatic rings. The Morgan fingerprint density at radius 3 is 2.52 bits per heavy atom. The van der Waals surface area contributed by atoms with Crippen LogP contribution in [0.25, 0.3) is 0 Å². The molecule has 0 unspecified atom stereocenters. The predicted molar refractivity (Wildman–Crippen MR) is 97.8 cm³/mol. The van der Waals surface area contributed by atoms with E-state index in [0.29, 0.717) is 18.8 Å². The van der Waals surface area contributed by atoms with E-state index in [4.69, 9.17) is 0 Å². The average Bonchev–Trinajstić information content (AvgIpc) is 2.88. The molecule has 0 fully saturated rings. The summed E-state index contributed by atoms with van der Waals surface area (Å²) < 4.78 is 28.5. The van der Waals surface area contributed by atoms with Gasteiger partial charge in [0.25, 0.3) is 10.0 Å². The molecule has 0 saturated heterocycles. The van der Waals surface area contributed by atoms with Crippen LogP contribution in [0.5, 0.6) is 0 Å². The van der Waals surface area contributed by atoms with Gasteiger partial charge in [-0.2, -0.15) is 13.5 Å². The molecule has 1 N–H and O–H groups in total. The highest BCUT2D eigenvalue weighted by molar-refractivity contribution is 7.90. The van der Waals surface area contributed by atoms with Crippen molar-refractivity contribution in [3.63, 3.8) is 0 Å². The second-order valence-corrected chi connectivity index (χ2v) is 8.05. The number of hydrogen-bond donors (Lipinski definition) is 1. The first-order valence-corrected chi connectivity index (χ1v) is 9.34. The van der Waals surface area contributed by atoms with Gasteiger partial charge in [0, 0.05) is 30.8 Å². The van der Waals surface area contributed by atoms with E-state index in [0.717, 1.165) is 0 Å². The number of hydrazine groups is 1. The molecule has 136 valence electrons. The molecule has 2 rings (SSSR count). The summed E-state index contributed by atoms with van der Waals surface area (Å²) in [6.07, 6.45) is 3.11. The first-order valence-electron chi connectivity index (χ1n) is 7.90. The Bertz CT molecular complexity index is 784. The Kier molecular flexibility index (Phi) is 5.46. The molecule has 0 atom stereocenters. The Balaban J connectivity index is 2.12. The number of hydrazone groups is 1. The van der Waals surface area contributed by atoms with Crippen LogP contribution in [0.4, 0.5) is 5.69 Å². The van der Waals surface area contributed by atoms with Crippen molar-refractivity contribution >= 4 is 34.2 Å². The third-order valence-electron chi connectivity index (χ3n) is 3.50. The normalized spacial score (nSPS) is 16.4. The van der Waals surface area contributed by atoms with Gasteiger partial charge >= 0.3 is 0 Å². The van der Waals surface area contributed by atoms with E-state index in [1.165, 1.54) is 37.5 Å². The Labute approximate surface area is 148 Å². The Morgan fingerprint density at radius 1 is 1.40 bits per heavy atom. The summed E-state index contributed by atoms with van der Waals surface area (Å²) in [5, 5.41) is 10.2. The van der Waals surface area contributed by atoms with E-state index in [1.54, 1.807) is 10.1 Å². The van der Waals surface area contributed by atoms with Gasteiger partial charge in [-0.15, -0.1) is 4.40 Å². The van der Waals surface area contributed by atoms with Gasteiger partial charge in [0.1, 0.15) is 6.34 Å². The number of sulfonamides is 1. The van der Waals surface area contributed by atoms with E-state index in [1.807, 2.05) is 13.1 Å². The van der Waals surface area contributed by atoms with Crippen molar-refractivity contribution in [3.8, 4) is 0 Å². The lowest BCUT2D eigenvalue weighted by molar-refractivity contribution is -0.114. The minimum Gasteiger partial charge on any atom is -0.326 e. The van der Waals surface area contributed by atoms with Gasteiger partial charge in [0.2, 0.25) is 5.91 Å². The first-order chi connectivity index (χ1) is 11.6. The molecule has 1 amide bonds. The molecule has 25 heavy (non-hydrogen) atoms. The lowest BCUT2D eigenvalue weighted by Crippen LogP contribution is -2.39. The number of hydrogen-bond acceptors (Lipinski definition) is 5. The topological polar surface area (TPSA) is 94.4 Å². The molecule has 9 heteroatoms. The molecular weight excluding hydrogens is 342 g/mol. The summed E-state index contributed by atoms with van der Waals surface area (Å²) in [6.45, 7) is 8.56. The monoisotopic (exact) mass is 365 g/mol. The predicted octanol–water partition coefficient (Wildman–Crippen LogP) is 1.93. The second-order valence-electron chi connectivity index (χ2n) is 6.42. The number of nitrogens with one attached hydrogen (secondary N) is 1. The maximum atomic E-state index is 12.4. The largest absolute Gasteiger partial charge is 0.326 e. The molecule has 1 aliphatic rings. The first kappa shape index (κ1) is 18.9. The summed E-state index contributed by atoms with van der Waals surface area (Å²) >= 11 is 0. The van der Waals surface area contributed by atoms with E-state index in [2.05, 4.69) is 28.7 Å². The number of anilines is 1. The number of benzene rings is 1. The molecular formula is C16H23N5O3S. The SMILES string of the molecule is CCN(C=NS(=O)(=O)c1ccc(NC(C)=O)cc1)N1CC(C)(C)C=N1. The van der Waals surface area contributed by atoms with Crippen LogP contribution in [-0.2, 0) is 14.8 Å². The number of nitrogens with zero attached hydrogens (tertiary/aromatic N) is 4. The molecule has 1 aromatic carbocycles.